The molecule has 0 aromatic carbocycles. The average molecular weight is 251 g/mol. The van der Waals surface area contributed by atoms with E-state index >= 15 is 0 Å². The van der Waals surface area contributed by atoms with Gasteiger partial charge in [-0.05, 0) is 18.8 Å². The van der Waals surface area contributed by atoms with Crippen LogP contribution < -0.4 is 5.73 Å². The Bertz CT molecular complexity index is 513. The van der Waals surface area contributed by atoms with Crippen LogP contribution in [0.3, 0.4) is 0 Å². The van der Waals surface area contributed by atoms with Crippen molar-refractivity contribution in [1.29, 1.82) is 0 Å². The highest BCUT2D eigenvalue weighted by Gasteiger charge is 2.10. The third-order valence-corrected chi connectivity index (χ3v) is 2.95. The predicted molar refractivity (Wildman–Crippen MR) is 66.6 cm³/mol. The summed E-state index contributed by atoms with van der Waals surface area (Å²) in [4.78, 5) is 12.2. The van der Waals surface area contributed by atoms with Gasteiger partial charge in [0.05, 0.1) is 12.5 Å². The molecule has 7 nitrogen and oxygen atoms in total. The molecule has 98 valence electrons. The van der Waals surface area contributed by atoms with E-state index in [1.807, 2.05) is 4.57 Å². The second-order valence-corrected chi connectivity index (χ2v) is 4.22. The van der Waals surface area contributed by atoms with E-state index in [0.717, 1.165) is 6.42 Å². The van der Waals surface area contributed by atoms with Crippen LogP contribution in [0.15, 0.2) is 12.5 Å². The number of hydrogen-bond acceptors (Lipinski definition) is 6. The molecule has 0 fully saturated rings. The molecule has 0 spiro atoms. The van der Waals surface area contributed by atoms with Crippen molar-refractivity contribution in [2.24, 2.45) is 5.92 Å². The number of nitrogen functional groups attached to an aromatic ring is 1. The van der Waals surface area contributed by atoms with Gasteiger partial charge in [-0.15, -0.1) is 0 Å². The number of nitrogens with zero attached hydrogens (tertiary/aromatic N) is 4. The van der Waals surface area contributed by atoms with E-state index in [9.17, 15) is 0 Å². The van der Waals surface area contributed by atoms with Crippen molar-refractivity contribution in [3.05, 3.63) is 12.5 Å². The van der Waals surface area contributed by atoms with Crippen molar-refractivity contribution in [1.82, 2.24) is 19.5 Å². The van der Waals surface area contributed by atoms with E-state index < -0.39 is 0 Å². The molecule has 0 aliphatic rings. The minimum atomic E-state index is 0.0737. The summed E-state index contributed by atoms with van der Waals surface area (Å²) < 4.78 is 1.88. The fraction of sp³-hybridized carbons (Fsp3) is 0.545. The molecule has 0 saturated heterocycles. The lowest BCUT2D eigenvalue weighted by Gasteiger charge is -2.12. The maximum absolute atomic E-state index is 9.16. The highest BCUT2D eigenvalue weighted by molar-refractivity contribution is 5.70. The molecule has 0 bridgehead atoms. The Morgan fingerprint density at radius 3 is 2.83 bits per heavy atom. The molecule has 0 aliphatic heterocycles. The Labute approximate surface area is 104 Å². The molecule has 0 saturated carbocycles. The molecule has 2 heterocycles. The second-order valence-electron chi connectivity index (χ2n) is 4.22. The SMILES string of the molecule is Nc1ncc2ncn(CCC(CO)CCO)c2n1. The molecule has 2 rings (SSSR count). The van der Waals surface area contributed by atoms with Crippen molar-refractivity contribution in [3.63, 3.8) is 0 Å². The molecule has 7 heteroatoms. The molecule has 0 aliphatic carbocycles. The fourth-order valence-electron chi connectivity index (χ4n) is 1.86. The van der Waals surface area contributed by atoms with Crippen molar-refractivity contribution in [3.8, 4) is 0 Å². The first-order chi connectivity index (χ1) is 8.74. The predicted octanol–water partition coefficient (Wildman–Crippen LogP) is -0.211. The molecule has 0 radical (unpaired) electrons. The lowest BCUT2D eigenvalue weighted by atomic mass is 10.0. The van der Waals surface area contributed by atoms with Gasteiger partial charge in [0.1, 0.15) is 5.52 Å². The molecular formula is C11H17N5O2. The molecule has 0 amide bonds. The van der Waals surface area contributed by atoms with Gasteiger partial charge in [-0.1, -0.05) is 0 Å². The Hall–Kier alpha value is -1.73. The van der Waals surface area contributed by atoms with Crippen LogP contribution in [0, 0.1) is 5.92 Å². The number of aliphatic hydroxyl groups excluding tert-OH is 2. The Morgan fingerprint density at radius 1 is 1.28 bits per heavy atom. The first-order valence-electron chi connectivity index (χ1n) is 5.89. The van der Waals surface area contributed by atoms with E-state index in [-0.39, 0.29) is 25.1 Å². The Kier molecular flexibility index (Phi) is 4.06. The summed E-state index contributed by atoms with van der Waals surface area (Å²) in [5.41, 5.74) is 6.94. The van der Waals surface area contributed by atoms with Crippen LogP contribution in [-0.2, 0) is 6.54 Å². The number of hydrogen-bond donors (Lipinski definition) is 3. The van der Waals surface area contributed by atoms with Crippen molar-refractivity contribution < 1.29 is 10.2 Å². The van der Waals surface area contributed by atoms with Crippen LogP contribution in [0.25, 0.3) is 11.2 Å². The third kappa shape index (κ3) is 2.74. The number of nitrogens with two attached hydrogens (primary N) is 1. The zero-order chi connectivity index (χ0) is 13.0. The number of imidazole rings is 1. The van der Waals surface area contributed by atoms with Crippen molar-refractivity contribution in [2.75, 3.05) is 18.9 Å². The van der Waals surface area contributed by atoms with E-state index in [1.54, 1.807) is 12.5 Å². The number of fused-ring (bicyclic) bond motifs is 1. The lowest BCUT2D eigenvalue weighted by molar-refractivity contribution is 0.173. The van der Waals surface area contributed by atoms with Gasteiger partial charge in [-0.3, -0.25) is 0 Å². The first-order valence-corrected chi connectivity index (χ1v) is 5.89. The number of anilines is 1. The van der Waals surface area contributed by atoms with Gasteiger partial charge in [0.15, 0.2) is 5.65 Å². The zero-order valence-electron chi connectivity index (χ0n) is 10.0. The topological polar surface area (TPSA) is 110 Å². The minimum absolute atomic E-state index is 0.0737. The van der Waals surface area contributed by atoms with E-state index in [4.69, 9.17) is 15.9 Å². The van der Waals surface area contributed by atoms with Crippen LogP contribution >= 0.6 is 0 Å². The van der Waals surface area contributed by atoms with Gasteiger partial charge >= 0.3 is 0 Å². The van der Waals surface area contributed by atoms with Gasteiger partial charge in [0.25, 0.3) is 0 Å². The second kappa shape index (κ2) is 5.74. The van der Waals surface area contributed by atoms with Crippen LogP contribution in [-0.4, -0.2) is 42.9 Å². The third-order valence-electron chi connectivity index (χ3n) is 2.95. The summed E-state index contributed by atoms with van der Waals surface area (Å²) in [6.45, 7) is 0.841. The minimum Gasteiger partial charge on any atom is -0.396 e. The summed E-state index contributed by atoms with van der Waals surface area (Å²) >= 11 is 0. The molecule has 18 heavy (non-hydrogen) atoms. The maximum Gasteiger partial charge on any atom is 0.222 e. The summed E-state index contributed by atoms with van der Waals surface area (Å²) in [5, 5.41) is 18.0. The summed E-state index contributed by atoms with van der Waals surface area (Å²) in [7, 11) is 0. The summed E-state index contributed by atoms with van der Waals surface area (Å²) in [6.07, 6.45) is 4.63. The van der Waals surface area contributed by atoms with Gasteiger partial charge in [-0.2, -0.15) is 4.98 Å². The van der Waals surface area contributed by atoms with Crippen LogP contribution in [0.4, 0.5) is 5.95 Å². The summed E-state index contributed by atoms with van der Waals surface area (Å²) in [5.74, 6) is 0.310. The molecule has 2 aromatic heterocycles. The van der Waals surface area contributed by atoms with E-state index in [0.29, 0.717) is 24.1 Å². The van der Waals surface area contributed by atoms with Gasteiger partial charge < -0.3 is 20.5 Å². The maximum atomic E-state index is 9.16. The fourth-order valence-corrected chi connectivity index (χ4v) is 1.86. The quantitative estimate of drug-likeness (QED) is 0.655. The number of aromatic nitrogens is 4. The molecule has 2 aromatic rings. The molecular weight excluding hydrogens is 234 g/mol. The number of aryl methyl sites for hydroxylation is 1. The van der Waals surface area contributed by atoms with Crippen LogP contribution in [0.2, 0.25) is 0 Å². The first kappa shape index (κ1) is 12.7. The highest BCUT2D eigenvalue weighted by Crippen LogP contribution is 2.14. The lowest BCUT2D eigenvalue weighted by Crippen LogP contribution is -2.12. The van der Waals surface area contributed by atoms with Gasteiger partial charge in [0.2, 0.25) is 5.95 Å². The van der Waals surface area contributed by atoms with Crippen molar-refractivity contribution >= 4 is 17.1 Å². The monoisotopic (exact) mass is 251 g/mol. The summed E-state index contributed by atoms with van der Waals surface area (Å²) in [6, 6.07) is 0. The van der Waals surface area contributed by atoms with Gasteiger partial charge in [-0.25, -0.2) is 9.97 Å². The normalized spacial score (nSPS) is 13.0. The molecule has 1 atom stereocenters. The smallest absolute Gasteiger partial charge is 0.222 e. The number of aliphatic hydroxyl groups is 2. The zero-order valence-corrected chi connectivity index (χ0v) is 10.0. The number of rotatable bonds is 6. The van der Waals surface area contributed by atoms with Crippen LogP contribution in [0.1, 0.15) is 12.8 Å². The van der Waals surface area contributed by atoms with Crippen LogP contribution in [0.5, 0.6) is 0 Å². The van der Waals surface area contributed by atoms with Gasteiger partial charge in [0, 0.05) is 19.8 Å². The molecule has 1 unspecified atom stereocenters. The Balaban J connectivity index is 2.09. The largest absolute Gasteiger partial charge is 0.396 e. The van der Waals surface area contributed by atoms with E-state index in [2.05, 4.69) is 15.0 Å². The molecule has 4 N–H and O–H groups in total. The van der Waals surface area contributed by atoms with E-state index in [1.165, 1.54) is 0 Å². The standard InChI is InChI=1S/C11H17N5O2/c12-11-13-5-9-10(15-11)16(7-14-9)3-1-8(6-18)2-4-17/h5,7-8,17-18H,1-4,6H2,(H2,12,13,15). The van der Waals surface area contributed by atoms with Crippen molar-refractivity contribution in [2.45, 2.75) is 19.4 Å². The highest BCUT2D eigenvalue weighted by atomic mass is 16.3. The Morgan fingerprint density at radius 2 is 2.11 bits per heavy atom. The average Bonchev–Trinajstić information content (AvgIpc) is 2.77.